The number of rotatable bonds is 9. The highest BCUT2D eigenvalue weighted by molar-refractivity contribution is 6.02. The molecule has 1 saturated heterocycles. The van der Waals surface area contributed by atoms with Gasteiger partial charge in [-0.15, -0.1) is 0 Å². The van der Waals surface area contributed by atoms with E-state index in [9.17, 15) is 9.59 Å². The molecule has 1 fully saturated rings. The summed E-state index contributed by atoms with van der Waals surface area (Å²) in [5.74, 6) is 1.58. The van der Waals surface area contributed by atoms with Crippen LogP contribution in [0.15, 0.2) is 72.8 Å². The average molecular weight is 610 g/mol. The van der Waals surface area contributed by atoms with Gasteiger partial charge in [0.05, 0.1) is 31.5 Å². The van der Waals surface area contributed by atoms with Crippen LogP contribution in [0.3, 0.4) is 0 Å². The highest BCUT2D eigenvalue weighted by Gasteiger charge is 2.32. The molecular formula is C36H43N5O4. The molecule has 0 radical (unpaired) electrons. The number of aryl methyl sites for hydroxylation is 1. The van der Waals surface area contributed by atoms with Crippen molar-refractivity contribution in [1.29, 1.82) is 0 Å². The molecule has 1 aliphatic heterocycles. The van der Waals surface area contributed by atoms with Gasteiger partial charge in [0.15, 0.2) is 5.78 Å². The predicted molar refractivity (Wildman–Crippen MR) is 178 cm³/mol. The Labute approximate surface area is 265 Å². The van der Waals surface area contributed by atoms with Crippen molar-refractivity contribution >= 4 is 23.3 Å². The van der Waals surface area contributed by atoms with Gasteiger partial charge in [0, 0.05) is 28.8 Å². The number of hydrogen-bond acceptors (Lipinski definition) is 6. The first kappa shape index (κ1) is 31.8. The molecule has 2 heterocycles. The second kappa shape index (κ2) is 13.6. The van der Waals surface area contributed by atoms with Gasteiger partial charge in [-0.05, 0) is 80.7 Å². The number of benzene rings is 3. The number of hydrogen-bond donors (Lipinski definition) is 3. The standard InChI is InChI=1S/C36H43N5O4/c1-23-7-13-28(14-8-23)41-32(22-31(40-41)36(2,3)4)39-35(43)38-27-11-9-24(10-12-27)33(25-15-17-37-18-16-25)34(42)26-19-29(44-5)21-30(20-26)45-6/h7-14,19-22,25,33,37H,15-18H2,1-6H3,(H2,38,39,43). The van der Waals surface area contributed by atoms with E-state index in [0.717, 1.165) is 48.4 Å². The van der Waals surface area contributed by atoms with Crippen molar-refractivity contribution in [3.05, 3.63) is 95.2 Å². The van der Waals surface area contributed by atoms with Crippen LogP contribution in [0.4, 0.5) is 16.3 Å². The second-order valence-electron chi connectivity index (χ2n) is 12.6. The first-order chi connectivity index (χ1) is 21.5. The van der Waals surface area contributed by atoms with Gasteiger partial charge >= 0.3 is 6.03 Å². The highest BCUT2D eigenvalue weighted by atomic mass is 16.5. The van der Waals surface area contributed by atoms with Crippen molar-refractivity contribution in [1.82, 2.24) is 15.1 Å². The number of aromatic nitrogens is 2. The zero-order chi connectivity index (χ0) is 32.1. The summed E-state index contributed by atoms with van der Waals surface area (Å²) in [5, 5.41) is 14.1. The predicted octanol–water partition coefficient (Wildman–Crippen LogP) is 7.11. The Morgan fingerprint density at radius 2 is 1.51 bits per heavy atom. The zero-order valence-corrected chi connectivity index (χ0v) is 26.9. The van der Waals surface area contributed by atoms with Gasteiger partial charge in [0.1, 0.15) is 17.3 Å². The molecule has 45 heavy (non-hydrogen) atoms. The number of urea groups is 1. The molecule has 0 saturated carbocycles. The largest absolute Gasteiger partial charge is 0.497 e. The zero-order valence-electron chi connectivity index (χ0n) is 26.9. The van der Waals surface area contributed by atoms with Gasteiger partial charge in [-0.3, -0.25) is 10.1 Å². The third-order valence-electron chi connectivity index (χ3n) is 8.30. The Kier molecular flexibility index (Phi) is 9.58. The van der Waals surface area contributed by atoms with Crippen LogP contribution in [-0.4, -0.2) is 48.9 Å². The van der Waals surface area contributed by atoms with E-state index < -0.39 is 0 Å². The summed E-state index contributed by atoms with van der Waals surface area (Å²) in [6.07, 6.45) is 1.79. The summed E-state index contributed by atoms with van der Waals surface area (Å²) in [6, 6.07) is 22.4. The maximum Gasteiger partial charge on any atom is 0.324 e. The number of methoxy groups -OCH3 is 2. The molecule has 236 valence electrons. The minimum Gasteiger partial charge on any atom is -0.497 e. The van der Waals surface area contributed by atoms with E-state index in [1.165, 1.54) is 0 Å². The fourth-order valence-corrected chi connectivity index (χ4v) is 5.72. The van der Waals surface area contributed by atoms with Gasteiger partial charge in [-0.2, -0.15) is 5.10 Å². The van der Waals surface area contributed by atoms with E-state index in [2.05, 4.69) is 36.7 Å². The number of carbonyl (C=O) groups is 2. The summed E-state index contributed by atoms with van der Waals surface area (Å²) in [6.45, 7) is 10.0. The average Bonchev–Trinajstić information content (AvgIpc) is 3.46. The number of ketones is 1. The third kappa shape index (κ3) is 7.54. The lowest BCUT2D eigenvalue weighted by molar-refractivity contribution is 0.0915. The smallest absolute Gasteiger partial charge is 0.324 e. The van der Waals surface area contributed by atoms with Crippen LogP contribution >= 0.6 is 0 Å². The summed E-state index contributed by atoms with van der Waals surface area (Å²) in [4.78, 5) is 27.3. The van der Waals surface area contributed by atoms with Crippen molar-refractivity contribution in [2.45, 2.75) is 51.9 Å². The van der Waals surface area contributed by atoms with Crippen molar-refractivity contribution in [3.63, 3.8) is 0 Å². The van der Waals surface area contributed by atoms with E-state index >= 15 is 0 Å². The Morgan fingerprint density at radius 3 is 2.09 bits per heavy atom. The van der Waals surface area contributed by atoms with Crippen LogP contribution in [0, 0.1) is 12.8 Å². The molecule has 0 bridgehead atoms. The number of amides is 2. The normalized spacial score (nSPS) is 14.4. The van der Waals surface area contributed by atoms with Gasteiger partial charge in [0.25, 0.3) is 0 Å². The van der Waals surface area contributed by atoms with Gasteiger partial charge < -0.3 is 20.1 Å². The van der Waals surface area contributed by atoms with Crippen LogP contribution < -0.4 is 25.4 Å². The Bertz CT molecular complexity index is 1610. The molecule has 5 rings (SSSR count). The Balaban J connectivity index is 1.37. The van der Waals surface area contributed by atoms with Crippen LogP contribution in [0.5, 0.6) is 11.5 Å². The molecule has 1 aromatic heterocycles. The molecule has 9 nitrogen and oxygen atoms in total. The lowest BCUT2D eigenvalue weighted by Crippen LogP contribution is -2.33. The molecule has 1 unspecified atom stereocenters. The number of carbonyl (C=O) groups excluding carboxylic acids is 2. The molecule has 0 spiro atoms. The first-order valence-electron chi connectivity index (χ1n) is 15.4. The lowest BCUT2D eigenvalue weighted by Gasteiger charge is -2.30. The third-order valence-corrected chi connectivity index (χ3v) is 8.30. The molecule has 2 amide bonds. The van der Waals surface area contributed by atoms with Gasteiger partial charge in [-0.1, -0.05) is 50.6 Å². The molecule has 9 heteroatoms. The minimum atomic E-state index is -0.383. The van der Waals surface area contributed by atoms with Gasteiger partial charge in [-0.25, -0.2) is 9.48 Å². The van der Waals surface area contributed by atoms with E-state index in [-0.39, 0.29) is 29.1 Å². The molecule has 1 aliphatic rings. The maximum atomic E-state index is 14.1. The summed E-state index contributed by atoms with van der Waals surface area (Å²) in [5.41, 5.74) is 4.75. The lowest BCUT2D eigenvalue weighted by atomic mass is 9.76. The number of anilines is 2. The van der Waals surface area contributed by atoms with Crippen molar-refractivity contribution in [2.24, 2.45) is 5.92 Å². The molecule has 1 atom stereocenters. The van der Waals surface area contributed by atoms with Crippen LogP contribution in [0.1, 0.15) is 66.7 Å². The van der Waals surface area contributed by atoms with E-state index in [1.54, 1.807) is 37.1 Å². The summed E-state index contributed by atoms with van der Waals surface area (Å²) < 4.78 is 12.6. The van der Waals surface area contributed by atoms with Crippen LogP contribution in [0.2, 0.25) is 0 Å². The van der Waals surface area contributed by atoms with E-state index in [4.69, 9.17) is 14.6 Å². The Hall–Kier alpha value is -4.63. The minimum absolute atomic E-state index is 0.0246. The molecule has 0 aliphatic carbocycles. The van der Waals surface area contributed by atoms with Crippen molar-refractivity contribution in [3.8, 4) is 17.2 Å². The van der Waals surface area contributed by atoms with Crippen LogP contribution in [-0.2, 0) is 5.41 Å². The Morgan fingerprint density at radius 1 is 0.889 bits per heavy atom. The summed E-state index contributed by atoms with van der Waals surface area (Å²) >= 11 is 0. The first-order valence-corrected chi connectivity index (χ1v) is 15.4. The number of ether oxygens (including phenoxy) is 2. The second-order valence-corrected chi connectivity index (χ2v) is 12.6. The molecular weight excluding hydrogens is 566 g/mol. The van der Waals surface area contributed by atoms with Crippen LogP contribution in [0.25, 0.3) is 5.69 Å². The quantitative estimate of drug-likeness (QED) is 0.175. The molecule has 3 N–H and O–H groups in total. The van der Waals surface area contributed by atoms with E-state index in [0.29, 0.717) is 28.6 Å². The molecule has 4 aromatic rings. The number of Topliss-reactive ketones (excluding diaryl/α,β-unsaturated/α-hetero) is 1. The topological polar surface area (TPSA) is 107 Å². The fourth-order valence-electron chi connectivity index (χ4n) is 5.72. The summed E-state index contributed by atoms with van der Waals surface area (Å²) in [7, 11) is 3.16. The van der Waals surface area contributed by atoms with E-state index in [1.807, 2.05) is 61.5 Å². The van der Waals surface area contributed by atoms with Crippen molar-refractivity contribution < 1.29 is 19.1 Å². The monoisotopic (exact) mass is 609 g/mol. The SMILES string of the molecule is COc1cc(OC)cc(C(=O)C(c2ccc(NC(=O)Nc3cc(C(C)(C)C)nn3-c3ccc(C)cc3)cc2)C2CCNCC2)c1. The maximum absolute atomic E-state index is 14.1. The number of nitrogens with one attached hydrogen (secondary N) is 3. The fraction of sp³-hybridized carbons (Fsp3) is 0.361. The number of piperidine rings is 1. The number of nitrogens with zero attached hydrogens (tertiary/aromatic N) is 2. The van der Waals surface area contributed by atoms with Crippen molar-refractivity contribution in [2.75, 3.05) is 37.9 Å². The molecule has 3 aromatic carbocycles. The highest BCUT2D eigenvalue weighted by Crippen LogP contribution is 2.36. The van der Waals surface area contributed by atoms with Gasteiger partial charge in [0.2, 0.25) is 0 Å².